The van der Waals surface area contributed by atoms with Crippen LogP contribution in [0.1, 0.15) is 35.7 Å². The van der Waals surface area contributed by atoms with E-state index in [2.05, 4.69) is 9.97 Å². The van der Waals surface area contributed by atoms with E-state index >= 15 is 0 Å². The highest BCUT2D eigenvalue weighted by Crippen LogP contribution is 2.40. The third-order valence-corrected chi connectivity index (χ3v) is 5.02. The maximum Gasteiger partial charge on any atom is 0.393 e. The molecule has 9 heteroatoms. The molecule has 0 amide bonds. The standard InChI is InChI=1S/C14H17F3N4S.ClH/c1-7-20-11(13(19)3-2-8(18)5-13)10-4-9(6-14(15,16)17)22-12(10)21-7;/h4,8H,2-3,5-6,18-19H2,1H3;1H. The summed E-state index contributed by atoms with van der Waals surface area (Å²) in [7, 11) is 0. The topological polar surface area (TPSA) is 77.8 Å². The minimum Gasteiger partial charge on any atom is -0.328 e. The fourth-order valence-corrected chi connectivity index (χ4v) is 4.18. The van der Waals surface area contributed by atoms with Crippen molar-refractivity contribution in [3.63, 3.8) is 0 Å². The van der Waals surface area contributed by atoms with Crippen molar-refractivity contribution in [3.8, 4) is 0 Å². The van der Waals surface area contributed by atoms with Gasteiger partial charge in [-0.15, -0.1) is 23.7 Å². The van der Waals surface area contributed by atoms with Gasteiger partial charge in [-0.3, -0.25) is 0 Å². The van der Waals surface area contributed by atoms with E-state index in [1.165, 1.54) is 6.07 Å². The van der Waals surface area contributed by atoms with Gasteiger partial charge in [0.25, 0.3) is 0 Å². The van der Waals surface area contributed by atoms with Crippen molar-refractivity contribution in [2.24, 2.45) is 11.5 Å². The predicted molar refractivity (Wildman–Crippen MR) is 86.9 cm³/mol. The van der Waals surface area contributed by atoms with Crippen molar-refractivity contribution in [1.29, 1.82) is 0 Å². The highest BCUT2D eigenvalue weighted by atomic mass is 35.5. The first-order valence-corrected chi connectivity index (χ1v) is 7.87. The molecule has 1 saturated carbocycles. The summed E-state index contributed by atoms with van der Waals surface area (Å²) >= 11 is 1.05. The monoisotopic (exact) mass is 366 g/mol. The quantitative estimate of drug-likeness (QED) is 0.855. The Labute approximate surface area is 141 Å². The van der Waals surface area contributed by atoms with E-state index in [-0.39, 0.29) is 23.3 Å². The van der Waals surface area contributed by atoms with Crippen LogP contribution in [0.2, 0.25) is 0 Å². The lowest BCUT2D eigenvalue weighted by molar-refractivity contribution is -0.126. The van der Waals surface area contributed by atoms with E-state index in [0.717, 1.165) is 17.8 Å². The lowest BCUT2D eigenvalue weighted by Crippen LogP contribution is -2.36. The maximum absolute atomic E-state index is 12.6. The first-order chi connectivity index (χ1) is 10.2. The third-order valence-electron chi connectivity index (χ3n) is 3.99. The maximum atomic E-state index is 12.6. The molecule has 2 aromatic heterocycles. The Morgan fingerprint density at radius 2 is 2.09 bits per heavy atom. The van der Waals surface area contributed by atoms with Crippen molar-refractivity contribution in [3.05, 3.63) is 22.5 Å². The molecule has 2 atom stereocenters. The Hall–Kier alpha value is -0.960. The molecule has 0 aliphatic heterocycles. The summed E-state index contributed by atoms with van der Waals surface area (Å²) in [5.41, 5.74) is 12.4. The van der Waals surface area contributed by atoms with Crippen LogP contribution in [0, 0.1) is 6.92 Å². The summed E-state index contributed by atoms with van der Waals surface area (Å²) in [6.07, 6.45) is -3.13. The number of rotatable bonds is 2. The van der Waals surface area contributed by atoms with Crippen LogP contribution < -0.4 is 11.5 Å². The third kappa shape index (κ3) is 3.76. The first-order valence-electron chi connectivity index (χ1n) is 7.05. The molecule has 128 valence electrons. The average molecular weight is 367 g/mol. The zero-order chi connectivity index (χ0) is 16.1. The number of hydrogen-bond acceptors (Lipinski definition) is 5. The molecule has 2 aromatic rings. The highest BCUT2D eigenvalue weighted by molar-refractivity contribution is 7.18. The largest absolute Gasteiger partial charge is 0.393 e. The van der Waals surface area contributed by atoms with Crippen molar-refractivity contribution in [2.75, 3.05) is 0 Å². The molecule has 0 bridgehead atoms. The Kier molecular flexibility index (Phi) is 4.92. The number of aryl methyl sites for hydroxylation is 1. The lowest BCUT2D eigenvalue weighted by Gasteiger charge is -2.24. The SMILES string of the molecule is Cc1nc(C2(N)CCC(N)C2)c2cc(CC(F)(F)F)sc2n1.Cl. The predicted octanol–water partition coefficient (Wildman–Crippen LogP) is 3.19. The van der Waals surface area contributed by atoms with Crippen LogP contribution in [-0.2, 0) is 12.0 Å². The van der Waals surface area contributed by atoms with Crippen molar-refractivity contribution in [1.82, 2.24) is 9.97 Å². The summed E-state index contributed by atoms with van der Waals surface area (Å²) < 4.78 is 37.8. The molecule has 0 radical (unpaired) electrons. The van der Waals surface area contributed by atoms with Crippen LogP contribution in [0.15, 0.2) is 6.07 Å². The van der Waals surface area contributed by atoms with Gasteiger partial charge in [0, 0.05) is 16.3 Å². The zero-order valence-corrected chi connectivity index (χ0v) is 14.1. The normalized spacial score (nSPS) is 24.9. The summed E-state index contributed by atoms with van der Waals surface area (Å²) in [4.78, 5) is 9.49. The number of thiophene rings is 1. The molecule has 0 saturated heterocycles. The Morgan fingerprint density at radius 1 is 1.39 bits per heavy atom. The Morgan fingerprint density at radius 3 is 2.65 bits per heavy atom. The summed E-state index contributed by atoms with van der Waals surface area (Å²) in [5, 5.41) is 0.631. The smallest absolute Gasteiger partial charge is 0.328 e. The zero-order valence-electron chi connectivity index (χ0n) is 12.5. The molecule has 23 heavy (non-hydrogen) atoms. The van der Waals surface area contributed by atoms with Gasteiger partial charge in [0.05, 0.1) is 17.7 Å². The van der Waals surface area contributed by atoms with Crippen molar-refractivity contribution < 1.29 is 13.2 Å². The number of aromatic nitrogens is 2. The van der Waals surface area contributed by atoms with E-state index < -0.39 is 18.1 Å². The van der Waals surface area contributed by atoms with Gasteiger partial charge in [0.1, 0.15) is 10.7 Å². The van der Waals surface area contributed by atoms with Gasteiger partial charge in [-0.2, -0.15) is 13.2 Å². The summed E-state index contributed by atoms with van der Waals surface area (Å²) in [6.45, 7) is 1.73. The van der Waals surface area contributed by atoms with Crippen LogP contribution >= 0.6 is 23.7 Å². The summed E-state index contributed by atoms with van der Waals surface area (Å²) in [5.74, 6) is 0.521. The molecule has 3 rings (SSSR count). The number of halogens is 4. The lowest BCUT2D eigenvalue weighted by atomic mass is 9.92. The van der Waals surface area contributed by atoms with Crippen LogP contribution in [0.25, 0.3) is 10.2 Å². The van der Waals surface area contributed by atoms with Gasteiger partial charge < -0.3 is 11.5 Å². The first kappa shape index (κ1) is 18.4. The van der Waals surface area contributed by atoms with Gasteiger partial charge in [0.15, 0.2) is 0 Å². The fourth-order valence-electron chi connectivity index (χ4n) is 3.07. The van der Waals surface area contributed by atoms with Gasteiger partial charge in [0.2, 0.25) is 0 Å². The average Bonchev–Trinajstić information content (AvgIpc) is 2.90. The van der Waals surface area contributed by atoms with E-state index in [0.29, 0.717) is 34.6 Å². The Balaban J connectivity index is 0.00000192. The number of hydrogen-bond donors (Lipinski definition) is 2. The van der Waals surface area contributed by atoms with Crippen LogP contribution in [0.3, 0.4) is 0 Å². The molecule has 1 aliphatic rings. The van der Waals surface area contributed by atoms with Crippen LogP contribution in [-0.4, -0.2) is 22.2 Å². The second kappa shape index (κ2) is 6.16. The van der Waals surface area contributed by atoms with Crippen LogP contribution in [0.5, 0.6) is 0 Å². The van der Waals surface area contributed by atoms with Crippen molar-refractivity contribution in [2.45, 2.75) is 50.4 Å². The van der Waals surface area contributed by atoms with Crippen molar-refractivity contribution >= 4 is 34.0 Å². The molecule has 2 unspecified atom stereocenters. The number of nitrogens with two attached hydrogens (primary N) is 2. The number of alkyl halides is 3. The molecular weight excluding hydrogens is 349 g/mol. The van der Waals surface area contributed by atoms with Crippen LogP contribution in [0.4, 0.5) is 13.2 Å². The molecule has 4 N–H and O–H groups in total. The Bertz CT molecular complexity index is 718. The van der Waals surface area contributed by atoms with Gasteiger partial charge in [-0.25, -0.2) is 9.97 Å². The molecule has 0 aromatic carbocycles. The molecule has 1 fully saturated rings. The number of nitrogens with zero attached hydrogens (tertiary/aromatic N) is 2. The minimum absolute atomic E-state index is 0. The second-order valence-corrected chi connectivity index (χ2v) is 7.12. The van der Waals surface area contributed by atoms with Gasteiger partial charge >= 0.3 is 6.18 Å². The minimum atomic E-state index is -4.24. The molecule has 0 spiro atoms. The molecule has 1 aliphatic carbocycles. The second-order valence-electron chi connectivity index (χ2n) is 6.00. The highest BCUT2D eigenvalue weighted by Gasteiger charge is 2.39. The molecular formula is C14H18ClF3N4S. The summed E-state index contributed by atoms with van der Waals surface area (Å²) in [6, 6.07) is 1.53. The van der Waals surface area contributed by atoms with E-state index in [1.54, 1.807) is 6.92 Å². The fraction of sp³-hybridized carbons (Fsp3) is 0.571. The van der Waals surface area contributed by atoms with E-state index in [1.807, 2.05) is 0 Å². The van der Waals surface area contributed by atoms with E-state index in [4.69, 9.17) is 11.5 Å². The van der Waals surface area contributed by atoms with E-state index in [9.17, 15) is 13.2 Å². The van der Waals surface area contributed by atoms with Gasteiger partial charge in [-0.05, 0) is 32.3 Å². The molecule has 4 nitrogen and oxygen atoms in total. The number of fused-ring (bicyclic) bond motifs is 1. The molecule has 2 heterocycles. The van der Waals surface area contributed by atoms with Gasteiger partial charge in [-0.1, -0.05) is 0 Å².